The zero-order valence-electron chi connectivity index (χ0n) is 24.0. The summed E-state index contributed by atoms with van der Waals surface area (Å²) in [6.45, 7) is 3.76. The molecule has 0 aromatic heterocycles. The van der Waals surface area contributed by atoms with Gasteiger partial charge < -0.3 is 10.2 Å². The van der Waals surface area contributed by atoms with Gasteiger partial charge in [0.25, 0.3) is 0 Å². The normalized spacial score (nSPS) is 16.1. The Morgan fingerprint density at radius 3 is 1.77 bits per heavy atom. The number of nitrogens with one attached hydrogen (secondary N) is 1. The van der Waals surface area contributed by atoms with Crippen LogP contribution < -0.4 is 5.32 Å². The number of nitrogens with zero attached hydrogens (tertiary/aromatic N) is 3. The second kappa shape index (κ2) is 12.9. The zero-order valence-corrected chi connectivity index (χ0v) is 27.3. The second-order valence-corrected chi connectivity index (χ2v) is 15.0. The van der Waals surface area contributed by atoms with Gasteiger partial charge in [0.15, 0.2) is 29.9 Å². The smallest absolute Gasteiger partial charge is 0.198 e. The lowest BCUT2D eigenvalue weighted by Crippen LogP contribution is -2.63. The van der Waals surface area contributed by atoms with E-state index in [0.29, 0.717) is 5.56 Å². The molecule has 5 rings (SSSR count). The SMILES string of the molecule is Cc1ccc(S(=O)(=O)C/N=C(\c2ccccc2)N2C(=S)NC(c3ccccc3)N(CS(=O)(=O)c3ccc(C)cc3)C2=S)cc1. The highest BCUT2D eigenvalue weighted by atomic mass is 32.2. The molecule has 12 heteroatoms. The van der Waals surface area contributed by atoms with E-state index in [4.69, 9.17) is 24.4 Å². The van der Waals surface area contributed by atoms with Gasteiger partial charge in [0.2, 0.25) is 0 Å². The van der Waals surface area contributed by atoms with Gasteiger partial charge in [-0.15, -0.1) is 0 Å². The first-order chi connectivity index (χ1) is 21.0. The molecule has 0 aliphatic carbocycles. The lowest BCUT2D eigenvalue weighted by Gasteiger charge is -2.45. The van der Waals surface area contributed by atoms with Crippen LogP contribution in [-0.4, -0.2) is 54.4 Å². The maximum atomic E-state index is 13.7. The van der Waals surface area contributed by atoms with E-state index >= 15 is 0 Å². The van der Waals surface area contributed by atoms with E-state index in [9.17, 15) is 16.8 Å². The Balaban J connectivity index is 1.57. The second-order valence-electron chi connectivity index (χ2n) is 10.3. The third-order valence-corrected chi connectivity index (χ3v) is 10.8. The molecule has 1 unspecified atom stereocenters. The Morgan fingerprint density at radius 1 is 0.727 bits per heavy atom. The van der Waals surface area contributed by atoms with Gasteiger partial charge in [0.05, 0.1) is 9.79 Å². The van der Waals surface area contributed by atoms with Crippen LogP contribution in [0.2, 0.25) is 0 Å². The van der Waals surface area contributed by atoms with Crippen LogP contribution in [0.3, 0.4) is 0 Å². The van der Waals surface area contributed by atoms with Crippen molar-refractivity contribution < 1.29 is 16.8 Å². The monoisotopic (exact) mass is 662 g/mol. The van der Waals surface area contributed by atoms with Crippen LogP contribution in [0.4, 0.5) is 0 Å². The van der Waals surface area contributed by atoms with Crippen molar-refractivity contribution in [2.75, 3.05) is 11.8 Å². The predicted molar refractivity (Wildman–Crippen MR) is 181 cm³/mol. The van der Waals surface area contributed by atoms with Gasteiger partial charge >= 0.3 is 0 Å². The summed E-state index contributed by atoms with van der Waals surface area (Å²) in [6.07, 6.45) is -0.707. The lowest BCUT2D eigenvalue weighted by molar-refractivity contribution is 0.298. The average Bonchev–Trinajstić information content (AvgIpc) is 3.01. The first-order valence-electron chi connectivity index (χ1n) is 13.6. The Kier molecular flexibility index (Phi) is 9.26. The number of benzene rings is 4. The third-order valence-electron chi connectivity index (χ3n) is 7.02. The molecule has 0 spiro atoms. The van der Waals surface area contributed by atoms with E-state index in [1.54, 1.807) is 72.8 Å². The van der Waals surface area contributed by atoms with E-state index < -0.39 is 37.6 Å². The number of hydrogen-bond acceptors (Lipinski definition) is 7. The maximum absolute atomic E-state index is 13.7. The predicted octanol–water partition coefficient (Wildman–Crippen LogP) is 5.39. The first-order valence-corrected chi connectivity index (χ1v) is 17.7. The first kappa shape index (κ1) is 31.5. The molecular weight excluding hydrogens is 633 g/mol. The molecule has 1 aliphatic rings. The number of hydrogen-bond donors (Lipinski definition) is 1. The fraction of sp³-hybridized carbons (Fsp3) is 0.156. The summed E-state index contributed by atoms with van der Waals surface area (Å²) in [4.78, 5) is 7.79. The number of aliphatic imine (C=N–C) groups is 1. The van der Waals surface area contributed by atoms with E-state index in [2.05, 4.69) is 10.3 Å². The van der Waals surface area contributed by atoms with Gasteiger partial charge in [-0.3, -0.25) is 4.99 Å². The summed E-state index contributed by atoms with van der Waals surface area (Å²) in [5.41, 5.74) is 3.16. The van der Waals surface area contributed by atoms with Crippen LogP contribution in [0, 0.1) is 13.8 Å². The van der Waals surface area contributed by atoms with Crippen LogP contribution in [-0.2, 0) is 19.7 Å². The van der Waals surface area contributed by atoms with Gasteiger partial charge in [0.1, 0.15) is 23.8 Å². The van der Waals surface area contributed by atoms with Gasteiger partial charge in [-0.25, -0.2) is 21.7 Å². The summed E-state index contributed by atoms with van der Waals surface area (Å²) >= 11 is 11.8. The third kappa shape index (κ3) is 6.88. The Morgan fingerprint density at radius 2 is 1.23 bits per heavy atom. The molecule has 0 radical (unpaired) electrons. The highest BCUT2D eigenvalue weighted by Crippen LogP contribution is 2.28. The molecule has 226 valence electrons. The highest BCUT2D eigenvalue weighted by Gasteiger charge is 2.39. The van der Waals surface area contributed by atoms with Crippen LogP contribution in [0.1, 0.15) is 28.4 Å². The molecule has 1 N–H and O–H groups in total. The summed E-state index contributed by atoms with van der Waals surface area (Å²) in [5.74, 6) is -0.871. The zero-order chi connectivity index (χ0) is 31.5. The molecule has 8 nitrogen and oxygen atoms in total. The Labute approximate surface area is 268 Å². The van der Waals surface area contributed by atoms with Crippen molar-refractivity contribution >= 4 is 60.2 Å². The molecule has 0 saturated carbocycles. The summed E-state index contributed by atoms with van der Waals surface area (Å²) in [7, 11) is -7.68. The minimum atomic E-state index is -3.86. The maximum Gasteiger partial charge on any atom is 0.198 e. The van der Waals surface area contributed by atoms with E-state index in [1.165, 1.54) is 9.80 Å². The van der Waals surface area contributed by atoms with Gasteiger partial charge in [-0.05, 0) is 68.1 Å². The minimum Gasteiger partial charge on any atom is -0.338 e. The molecular formula is C32H30N4O4S4. The van der Waals surface area contributed by atoms with Gasteiger partial charge in [-0.1, -0.05) is 96.1 Å². The van der Waals surface area contributed by atoms with Gasteiger partial charge in [-0.2, -0.15) is 0 Å². The van der Waals surface area contributed by atoms with Crippen LogP contribution in [0.15, 0.2) is 124 Å². The molecule has 1 heterocycles. The standard InChI is InChI=1S/C32H30N4O4S4/c1-23-13-17-27(18-14-23)43(37,38)21-33-29(25-9-5-3-6-10-25)36-31(41)34-30(26-11-7-4-8-12-26)35(32(36)42)22-44(39,40)28-19-15-24(2)16-20-28/h3-20,30H,21-22H2,1-2H3,(H,34,41)/b33-29+. The minimum absolute atomic E-state index is 0.0635. The molecule has 1 atom stereocenters. The van der Waals surface area contributed by atoms with Crippen LogP contribution in [0.25, 0.3) is 0 Å². The number of amidine groups is 1. The molecule has 4 aromatic carbocycles. The molecule has 1 aliphatic heterocycles. The molecule has 4 aromatic rings. The molecule has 1 fully saturated rings. The summed E-state index contributed by atoms with van der Waals surface area (Å²) in [6, 6.07) is 31.3. The van der Waals surface area contributed by atoms with E-state index in [-0.39, 0.29) is 25.9 Å². The van der Waals surface area contributed by atoms with E-state index in [1.807, 2.05) is 50.2 Å². The van der Waals surface area contributed by atoms with Crippen molar-refractivity contribution in [3.05, 3.63) is 131 Å². The van der Waals surface area contributed by atoms with Crippen molar-refractivity contribution in [2.24, 2.45) is 4.99 Å². The highest BCUT2D eigenvalue weighted by molar-refractivity contribution is 7.91. The van der Waals surface area contributed by atoms with Crippen molar-refractivity contribution in [3.8, 4) is 0 Å². The van der Waals surface area contributed by atoms with Crippen molar-refractivity contribution in [3.63, 3.8) is 0 Å². The lowest BCUT2D eigenvalue weighted by atomic mass is 10.1. The van der Waals surface area contributed by atoms with Crippen molar-refractivity contribution in [1.29, 1.82) is 0 Å². The van der Waals surface area contributed by atoms with Crippen LogP contribution >= 0.6 is 24.4 Å². The fourth-order valence-corrected chi connectivity index (χ4v) is 7.75. The quantitative estimate of drug-likeness (QED) is 0.151. The number of aryl methyl sites for hydroxylation is 2. The molecule has 44 heavy (non-hydrogen) atoms. The molecule has 0 bridgehead atoms. The largest absolute Gasteiger partial charge is 0.338 e. The van der Waals surface area contributed by atoms with Crippen molar-refractivity contribution in [1.82, 2.24) is 15.1 Å². The average molecular weight is 663 g/mol. The fourth-order valence-electron chi connectivity index (χ4n) is 4.65. The molecule has 1 saturated heterocycles. The van der Waals surface area contributed by atoms with Crippen molar-refractivity contribution in [2.45, 2.75) is 29.8 Å². The number of sulfone groups is 2. The summed E-state index contributed by atoms with van der Waals surface area (Å²) in [5, 5.41) is 3.45. The topological polar surface area (TPSA) is 99.2 Å². The number of thiocarbonyl (C=S) groups is 2. The van der Waals surface area contributed by atoms with E-state index in [0.717, 1.165) is 16.7 Å². The van der Waals surface area contributed by atoms with Gasteiger partial charge in [0, 0.05) is 5.56 Å². The Hall–Kier alpha value is -3.97. The number of rotatable bonds is 8. The Bertz CT molecular complexity index is 1910. The molecule has 0 amide bonds. The van der Waals surface area contributed by atoms with Crippen LogP contribution in [0.5, 0.6) is 0 Å². The summed E-state index contributed by atoms with van der Waals surface area (Å²) < 4.78 is 54.0.